The first-order chi connectivity index (χ1) is 7.26. The molecule has 3 heteroatoms. The Bertz CT molecular complexity index is 334. The summed E-state index contributed by atoms with van der Waals surface area (Å²) in [5.41, 5.74) is 1.84. The molecule has 3 nitrogen and oxygen atoms in total. The van der Waals surface area contributed by atoms with E-state index in [4.69, 9.17) is 9.94 Å². The average Bonchev–Trinajstić information content (AvgIpc) is 2.24. The Balaban J connectivity index is 2.49. The van der Waals surface area contributed by atoms with Crippen molar-refractivity contribution < 1.29 is 9.94 Å². The zero-order valence-corrected chi connectivity index (χ0v) is 9.23. The Morgan fingerprint density at radius 2 is 2.27 bits per heavy atom. The number of hydrogen-bond acceptors (Lipinski definition) is 3. The van der Waals surface area contributed by atoms with Crippen molar-refractivity contribution in [3.8, 4) is 5.75 Å². The maximum atomic E-state index is 8.70. The van der Waals surface area contributed by atoms with E-state index >= 15 is 0 Å². The Morgan fingerprint density at radius 3 is 2.87 bits per heavy atom. The minimum absolute atomic E-state index is 0.355. The third-order valence-electron chi connectivity index (χ3n) is 2.07. The molecule has 1 rings (SSSR count). The van der Waals surface area contributed by atoms with Crippen molar-refractivity contribution in [3.63, 3.8) is 0 Å². The molecule has 0 bridgehead atoms. The molecule has 1 N–H and O–H groups in total. The van der Waals surface area contributed by atoms with Crippen LogP contribution in [0.4, 0.5) is 0 Å². The Hall–Kier alpha value is -1.51. The van der Waals surface area contributed by atoms with E-state index < -0.39 is 0 Å². The summed E-state index contributed by atoms with van der Waals surface area (Å²) in [6.07, 6.45) is 1.72. The molecule has 0 aliphatic carbocycles. The molecule has 0 aromatic heterocycles. The fourth-order valence-electron chi connectivity index (χ4n) is 1.31. The number of nitrogens with zero attached hydrogens (tertiary/aromatic N) is 1. The van der Waals surface area contributed by atoms with Gasteiger partial charge in [-0.25, -0.2) is 0 Å². The van der Waals surface area contributed by atoms with Crippen LogP contribution in [0.15, 0.2) is 29.4 Å². The summed E-state index contributed by atoms with van der Waals surface area (Å²) in [5, 5.41) is 11.9. The van der Waals surface area contributed by atoms with Crippen molar-refractivity contribution in [2.45, 2.75) is 26.7 Å². The number of rotatable bonds is 5. The first-order valence-corrected chi connectivity index (χ1v) is 5.15. The second-order valence-electron chi connectivity index (χ2n) is 3.52. The van der Waals surface area contributed by atoms with E-state index in [1.165, 1.54) is 0 Å². The summed E-state index contributed by atoms with van der Waals surface area (Å²) in [5.74, 6) is 0.812. The molecular weight excluding hydrogens is 190 g/mol. The molecule has 0 saturated carbocycles. The highest BCUT2D eigenvalue weighted by Crippen LogP contribution is 2.12. The third kappa shape index (κ3) is 4.02. The fourth-order valence-corrected chi connectivity index (χ4v) is 1.31. The topological polar surface area (TPSA) is 41.8 Å². The van der Waals surface area contributed by atoms with Crippen molar-refractivity contribution in [1.29, 1.82) is 0 Å². The quantitative estimate of drug-likeness (QED) is 0.458. The van der Waals surface area contributed by atoms with E-state index in [1.54, 1.807) is 0 Å². The Labute approximate surface area is 90.4 Å². The molecule has 1 aromatic rings. The molecule has 0 atom stereocenters. The Morgan fingerprint density at radius 1 is 1.47 bits per heavy atom. The van der Waals surface area contributed by atoms with Gasteiger partial charge in [0.15, 0.2) is 0 Å². The van der Waals surface area contributed by atoms with Gasteiger partial charge in [-0.15, -0.1) is 0 Å². The van der Waals surface area contributed by atoms with Crippen molar-refractivity contribution in [2.75, 3.05) is 6.61 Å². The van der Waals surface area contributed by atoms with E-state index in [0.29, 0.717) is 12.3 Å². The second kappa shape index (κ2) is 6.06. The highest BCUT2D eigenvalue weighted by Gasteiger charge is 2.00. The monoisotopic (exact) mass is 207 g/mol. The van der Waals surface area contributed by atoms with Crippen LogP contribution in [0.3, 0.4) is 0 Å². The molecule has 1 aromatic carbocycles. The first-order valence-electron chi connectivity index (χ1n) is 5.15. The number of benzene rings is 1. The van der Waals surface area contributed by atoms with Gasteiger partial charge in [-0.05, 0) is 31.0 Å². The van der Waals surface area contributed by atoms with Gasteiger partial charge in [0.25, 0.3) is 0 Å². The van der Waals surface area contributed by atoms with Crippen LogP contribution in [0, 0.1) is 6.92 Å². The van der Waals surface area contributed by atoms with Gasteiger partial charge < -0.3 is 9.94 Å². The lowest BCUT2D eigenvalue weighted by molar-refractivity contribution is 0.305. The Kier molecular flexibility index (Phi) is 4.68. The van der Waals surface area contributed by atoms with Gasteiger partial charge >= 0.3 is 0 Å². The number of hydrogen-bond donors (Lipinski definition) is 1. The molecule has 0 unspecified atom stereocenters. The second-order valence-corrected chi connectivity index (χ2v) is 3.52. The smallest absolute Gasteiger partial charge is 0.130 e. The minimum Gasteiger partial charge on any atom is -0.488 e. The molecule has 0 amide bonds. The number of aryl methyl sites for hydroxylation is 1. The normalized spacial score (nSPS) is 11.5. The van der Waals surface area contributed by atoms with Crippen LogP contribution in [-0.2, 0) is 0 Å². The molecule has 0 heterocycles. The summed E-state index contributed by atoms with van der Waals surface area (Å²) in [7, 11) is 0. The van der Waals surface area contributed by atoms with Crippen LogP contribution in [0.5, 0.6) is 5.75 Å². The molecule has 82 valence electrons. The van der Waals surface area contributed by atoms with Gasteiger partial charge in [0.2, 0.25) is 0 Å². The van der Waals surface area contributed by atoms with Crippen molar-refractivity contribution >= 4 is 5.71 Å². The molecule has 0 saturated heterocycles. The van der Waals surface area contributed by atoms with E-state index in [2.05, 4.69) is 5.16 Å². The summed E-state index contributed by atoms with van der Waals surface area (Å²) in [6, 6.07) is 7.81. The van der Waals surface area contributed by atoms with E-state index in [9.17, 15) is 0 Å². The standard InChI is InChI=1S/C12H17NO2/c1-3-5-11(13-14)9-15-12-7-4-6-10(2)8-12/h4,6-8,14H,3,5,9H2,1-2H3/b13-11+. The molecule has 0 radical (unpaired) electrons. The van der Waals surface area contributed by atoms with Gasteiger partial charge in [-0.3, -0.25) is 0 Å². The molecule has 15 heavy (non-hydrogen) atoms. The maximum Gasteiger partial charge on any atom is 0.130 e. The lowest BCUT2D eigenvalue weighted by Crippen LogP contribution is -2.11. The van der Waals surface area contributed by atoms with Gasteiger partial charge in [-0.1, -0.05) is 30.6 Å². The number of oxime groups is 1. The molecule has 0 fully saturated rings. The van der Waals surface area contributed by atoms with Crippen LogP contribution in [-0.4, -0.2) is 17.5 Å². The lowest BCUT2D eigenvalue weighted by Gasteiger charge is -2.07. The molecule has 0 aliphatic heterocycles. The summed E-state index contributed by atoms with van der Waals surface area (Å²) < 4.78 is 5.50. The van der Waals surface area contributed by atoms with Gasteiger partial charge in [0.05, 0.1) is 5.71 Å². The average molecular weight is 207 g/mol. The summed E-state index contributed by atoms with van der Waals surface area (Å²) in [4.78, 5) is 0. The van der Waals surface area contributed by atoms with Crippen molar-refractivity contribution in [3.05, 3.63) is 29.8 Å². The zero-order chi connectivity index (χ0) is 11.1. The van der Waals surface area contributed by atoms with E-state index in [1.807, 2.05) is 38.1 Å². The minimum atomic E-state index is 0.355. The van der Waals surface area contributed by atoms with Crippen molar-refractivity contribution in [1.82, 2.24) is 0 Å². The fraction of sp³-hybridized carbons (Fsp3) is 0.417. The molecule has 0 spiro atoms. The van der Waals surface area contributed by atoms with Gasteiger partial charge in [0, 0.05) is 0 Å². The van der Waals surface area contributed by atoms with Gasteiger partial charge in [-0.2, -0.15) is 0 Å². The molecular formula is C12H17NO2. The van der Waals surface area contributed by atoms with Crippen LogP contribution >= 0.6 is 0 Å². The third-order valence-corrected chi connectivity index (χ3v) is 2.07. The largest absolute Gasteiger partial charge is 0.488 e. The van der Waals surface area contributed by atoms with Crippen LogP contribution in [0.25, 0.3) is 0 Å². The first kappa shape index (κ1) is 11.6. The molecule has 0 aliphatic rings. The van der Waals surface area contributed by atoms with Crippen LogP contribution in [0.1, 0.15) is 25.3 Å². The predicted octanol–water partition coefficient (Wildman–Crippen LogP) is 3.00. The lowest BCUT2D eigenvalue weighted by atomic mass is 10.2. The maximum absolute atomic E-state index is 8.70. The van der Waals surface area contributed by atoms with E-state index in [-0.39, 0.29) is 0 Å². The summed E-state index contributed by atoms with van der Waals surface area (Å²) >= 11 is 0. The van der Waals surface area contributed by atoms with Crippen LogP contribution in [0.2, 0.25) is 0 Å². The number of ether oxygens (including phenoxy) is 1. The summed E-state index contributed by atoms with van der Waals surface area (Å²) in [6.45, 7) is 4.41. The van der Waals surface area contributed by atoms with E-state index in [0.717, 1.165) is 24.2 Å². The van der Waals surface area contributed by atoms with Crippen molar-refractivity contribution in [2.24, 2.45) is 5.16 Å². The zero-order valence-electron chi connectivity index (χ0n) is 9.23. The predicted molar refractivity (Wildman–Crippen MR) is 60.8 cm³/mol. The SMILES string of the molecule is CCC/C(COc1cccc(C)c1)=N\O. The highest BCUT2D eigenvalue weighted by atomic mass is 16.5. The van der Waals surface area contributed by atoms with Gasteiger partial charge in [0.1, 0.15) is 12.4 Å². The van der Waals surface area contributed by atoms with Crippen LogP contribution < -0.4 is 4.74 Å². The highest BCUT2D eigenvalue weighted by molar-refractivity contribution is 5.85.